The van der Waals surface area contributed by atoms with Crippen molar-refractivity contribution in [3.8, 4) is 11.5 Å². The lowest BCUT2D eigenvalue weighted by atomic mass is 9.99. The zero-order chi connectivity index (χ0) is 17.9. The summed E-state index contributed by atoms with van der Waals surface area (Å²) in [5.74, 6) is 0.194. The third kappa shape index (κ3) is 4.07. The first-order chi connectivity index (χ1) is 12.0. The summed E-state index contributed by atoms with van der Waals surface area (Å²) in [6.45, 7) is 0.603. The Morgan fingerprint density at radius 3 is 2.72 bits per heavy atom. The maximum absolute atomic E-state index is 13.3. The molecule has 0 aliphatic carbocycles. The van der Waals surface area contributed by atoms with Gasteiger partial charge in [-0.2, -0.15) is 13.2 Å². The number of alkyl halides is 3. The monoisotopic (exact) mass is 352 g/mol. The van der Waals surface area contributed by atoms with Crippen LogP contribution in [0.15, 0.2) is 30.5 Å². The third-order valence-corrected chi connectivity index (χ3v) is 4.28. The normalized spacial score (nSPS) is 18.4. The molecule has 1 aliphatic rings. The van der Waals surface area contributed by atoms with Crippen LogP contribution in [0.25, 0.3) is 11.5 Å². The molecule has 2 aromatic heterocycles. The molecule has 5 nitrogen and oxygen atoms in total. The molecule has 0 saturated carbocycles. The molecule has 3 rings (SSSR count). The molecule has 1 aliphatic heterocycles. The predicted octanol–water partition coefficient (Wildman–Crippen LogP) is 3.30. The second kappa shape index (κ2) is 7.35. The lowest BCUT2D eigenvalue weighted by Crippen LogP contribution is -2.41. The average molecular weight is 352 g/mol. The van der Waals surface area contributed by atoms with Crippen molar-refractivity contribution in [2.24, 2.45) is 0 Å². The van der Waals surface area contributed by atoms with Crippen LogP contribution in [0.5, 0.6) is 0 Å². The van der Waals surface area contributed by atoms with Gasteiger partial charge in [-0.05, 0) is 37.8 Å². The van der Waals surface area contributed by atoms with Gasteiger partial charge in [0.2, 0.25) is 0 Å². The largest absolute Gasteiger partial charge is 0.433 e. The predicted molar refractivity (Wildman–Crippen MR) is 87.0 cm³/mol. The van der Waals surface area contributed by atoms with E-state index in [1.165, 1.54) is 6.20 Å². The number of aliphatic hydroxyl groups excluding tert-OH is 1. The minimum atomic E-state index is -4.57. The molecular formula is C17H19F3N4O. The van der Waals surface area contributed by atoms with Crippen molar-refractivity contribution >= 4 is 5.82 Å². The minimum absolute atomic E-state index is 0.00846. The number of piperidine rings is 1. The van der Waals surface area contributed by atoms with Gasteiger partial charge in [-0.25, -0.2) is 9.97 Å². The number of halogens is 3. The van der Waals surface area contributed by atoms with Crippen LogP contribution in [0.3, 0.4) is 0 Å². The maximum atomic E-state index is 13.3. The molecule has 1 atom stereocenters. The van der Waals surface area contributed by atoms with E-state index in [1.807, 2.05) is 4.90 Å². The maximum Gasteiger partial charge on any atom is 0.433 e. The van der Waals surface area contributed by atoms with Gasteiger partial charge in [-0.3, -0.25) is 4.98 Å². The van der Waals surface area contributed by atoms with E-state index in [-0.39, 0.29) is 24.3 Å². The van der Waals surface area contributed by atoms with Gasteiger partial charge in [-0.1, -0.05) is 6.07 Å². The van der Waals surface area contributed by atoms with Crippen molar-refractivity contribution in [2.75, 3.05) is 18.1 Å². The van der Waals surface area contributed by atoms with Crippen molar-refractivity contribution in [3.63, 3.8) is 0 Å². The molecule has 25 heavy (non-hydrogen) atoms. The molecule has 1 unspecified atom stereocenters. The van der Waals surface area contributed by atoms with E-state index in [9.17, 15) is 18.3 Å². The van der Waals surface area contributed by atoms with E-state index >= 15 is 0 Å². The summed E-state index contributed by atoms with van der Waals surface area (Å²) < 4.78 is 39.9. The molecule has 0 aromatic carbocycles. The van der Waals surface area contributed by atoms with Crippen LogP contribution in [0, 0.1) is 0 Å². The Kier molecular flexibility index (Phi) is 5.17. The fraction of sp³-hybridized carbons (Fsp3) is 0.471. The van der Waals surface area contributed by atoms with Crippen molar-refractivity contribution in [2.45, 2.75) is 37.9 Å². The highest BCUT2D eigenvalue weighted by molar-refractivity contribution is 5.54. The Bertz CT molecular complexity index is 707. The molecule has 0 bridgehead atoms. The Hall–Kier alpha value is -2.22. The molecule has 2 aromatic rings. The Morgan fingerprint density at radius 1 is 1.20 bits per heavy atom. The first-order valence-corrected chi connectivity index (χ1v) is 8.24. The van der Waals surface area contributed by atoms with Gasteiger partial charge >= 0.3 is 6.18 Å². The first kappa shape index (κ1) is 17.6. The van der Waals surface area contributed by atoms with E-state index in [1.54, 1.807) is 18.2 Å². The van der Waals surface area contributed by atoms with E-state index < -0.39 is 11.9 Å². The Labute approximate surface area is 143 Å². The third-order valence-electron chi connectivity index (χ3n) is 4.28. The molecular weight excluding hydrogens is 333 g/mol. The smallest absolute Gasteiger partial charge is 0.396 e. The van der Waals surface area contributed by atoms with Gasteiger partial charge in [0.25, 0.3) is 0 Å². The van der Waals surface area contributed by atoms with Gasteiger partial charge in [0.15, 0.2) is 11.5 Å². The lowest BCUT2D eigenvalue weighted by molar-refractivity contribution is -0.141. The van der Waals surface area contributed by atoms with Crippen LogP contribution in [-0.4, -0.2) is 39.3 Å². The molecule has 8 heteroatoms. The highest BCUT2D eigenvalue weighted by Crippen LogP contribution is 2.33. The summed E-state index contributed by atoms with van der Waals surface area (Å²) in [6, 6.07) is 5.91. The van der Waals surface area contributed by atoms with E-state index in [4.69, 9.17) is 0 Å². The van der Waals surface area contributed by atoms with Gasteiger partial charge in [0.1, 0.15) is 11.5 Å². The van der Waals surface area contributed by atoms with Gasteiger partial charge < -0.3 is 10.0 Å². The lowest BCUT2D eigenvalue weighted by Gasteiger charge is -2.36. The van der Waals surface area contributed by atoms with Gasteiger partial charge in [-0.15, -0.1) is 0 Å². The van der Waals surface area contributed by atoms with E-state index in [2.05, 4.69) is 15.0 Å². The summed E-state index contributed by atoms with van der Waals surface area (Å²) in [5.41, 5.74) is -0.683. The molecule has 0 amide bonds. The van der Waals surface area contributed by atoms with Crippen LogP contribution in [0.1, 0.15) is 31.4 Å². The second-order valence-corrected chi connectivity index (χ2v) is 6.00. The molecule has 1 saturated heterocycles. The number of aliphatic hydroxyl groups is 1. The number of hydrogen-bond donors (Lipinski definition) is 1. The van der Waals surface area contributed by atoms with E-state index in [0.29, 0.717) is 18.7 Å². The number of aromatic nitrogens is 3. The zero-order valence-corrected chi connectivity index (χ0v) is 13.6. The molecule has 1 N–H and O–H groups in total. The fourth-order valence-corrected chi connectivity index (χ4v) is 3.09. The molecule has 0 radical (unpaired) electrons. The molecule has 1 fully saturated rings. The summed E-state index contributed by atoms with van der Waals surface area (Å²) in [6.07, 6.45) is 0.129. The molecule has 0 spiro atoms. The highest BCUT2D eigenvalue weighted by Gasteiger charge is 2.35. The van der Waals surface area contributed by atoms with E-state index in [0.717, 1.165) is 25.3 Å². The zero-order valence-electron chi connectivity index (χ0n) is 13.6. The van der Waals surface area contributed by atoms with Crippen LogP contribution in [0.2, 0.25) is 0 Å². The Balaban J connectivity index is 2.06. The van der Waals surface area contributed by atoms with Crippen LogP contribution in [-0.2, 0) is 6.18 Å². The number of rotatable bonds is 4. The second-order valence-electron chi connectivity index (χ2n) is 6.00. The number of anilines is 1. The molecule has 3 heterocycles. The first-order valence-electron chi connectivity index (χ1n) is 8.24. The number of hydrogen-bond acceptors (Lipinski definition) is 5. The van der Waals surface area contributed by atoms with Gasteiger partial charge in [0, 0.05) is 31.5 Å². The van der Waals surface area contributed by atoms with Crippen LogP contribution in [0.4, 0.5) is 19.0 Å². The van der Waals surface area contributed by atoms with Crippen molar-refractivity contribution in [1.29, 1.82) is 0 Å². The summed E-state index contributed by atoms with van der Waals surface area (Å²) in [4.78, 5) is 13.9. The quantitative estimate of drug-likeness (QED) is 0.915. The average Bonchev–Trinajstić information content (AvgIpc) is 2.62. The Morgan fingerprint density at radius 2 is 2.04 bits per heavy atom. The number of pyridine rings is 1. The highest BCUT2D eigenvalue weighted by atomic mass is 19.4. The summed E-state index contributed by atoms with van der Waals surface area (Å²) in [7, 11) is 0. The summed E-state index contributed by atoms with van der Waals surface area (Å²) in [5, 5.41) is 9.25. The van der Waals surface area contributed by atoms with Crippen molar-refractivity contribution < 1.29 is 18.3 Å². The van der Waals surface area contributed by atoms with Gasteiger partial charge in [0.05, 0.1) is 0 Å². The fourth-order valence-electron chi connectivity index (χ4n) is 3.09. The SMILES string of the molecule is OCCC1CCCCN1c1cc(C(F)(F)F)nc(-c2ccccn2)n1. The summed E-state index contributed by atoms with van der Waals surface area (Å²) >= 11 is 0. The minimum Gasteiger partial charge on any atom is -0.396 e. The van der Waals surface area contributed by atoms with Crippen LogP contribution >= 0.6 is 0 Å². The topological polar surface area (TPSA) is 62.1 Å². The van der Waals surface area contributed by atoms with Crippen molar-refractivity contribution in [3.05, 3.63) is 36.2 Å². The molecule has 134 valence electrons. The standard InChI is InChI=1S/C17H19F3N4O/c18-17(19,20)14-11-15(24-9-4-2-5-12(24)7-10-25)23-16(22-14)13-6-1-3-8-21-13/h1,3,6,8,11-12,25H,2,4-5,7,9-10H2. The van der Waals surface area contributed by atoms with Crippen LogP contribution < -0.4 is 4.90 Å². The number of nitrogens with zero attached hydrogens (tertiary/aromatic N) is 4. The van der Waals surface area contributed by atoms with Crippen molar-refractivity contribution in [1.82, 2.24) is 15.0 Å².